The van der Waals surface area contributed by atoms with Crippen molar-refractivity contribution in [2.24, 2.45) is 0 Å². The van der Waals surface area contributed by atoms with Gasteiger partial charge in [-0.1, -0.05) is 19.1 Å². The summed E-state index contributed by atoms with van der Waals surface area (Å²) in [5, 5.41) is 0. The SMILES string of the molecule is CCCOC(=O)N(C)c1cc[c]cc1. The van der Waals surface area contributed by atoms with Gasteiger partial charge in [0.1, 0.15) is 0 Å². The molecule has 1 radical (unpaired) electrons. The Balaban J connectivity index is 2.57. The summed E-state index contributed by atoms with van der Waals surface area (Å²) in [6, 6.07) is 10.0. The topological polar surface area (TPSA) is 29.5 Å². The van der Waals surface area contributed by atoms with E-state index in [9.17, 15) is 4.79 Å². The molecule has 0 spiro atoms. The molecule has 0 fully saturated rings. The first kappa shape index (κ1) is 10.6. The fourth-order valence-corrected chi connectivity index (χ4v) is 0.993. The van der Waals surface area contributed by atoms with Crippen LogP contribution < -0.4 is 4.90 Å². The van der Waals surface area contributed by atoms with Crippen molar-refractivity contribution in [3.63, 3.8) is 0 Å². The molecule has 0 N–H and O–H groups in total. The van der Waals surface area contributed by atoms with E-state index < -0.39 is 0 Å². The van der Waals surface area contributed by atoms with Crippen LogP contribution in [-0.4, -0.2) is 19.7 Å². The van der Waals surface area contributed by atoms with Crippen molar-refractivity contribution in [3.8, 4) is 0 Å². The van der Waals surface area contributed by atoms with Gasteiger partial charge < -0.3 is 4.74 Å². The zero-order valence-electron chi connectivity index (χ0n) is 8.49. The van der Waals surface area contributed by atoms with E-state index in [-0.39, 0.29) is 6.09 Å². The largest absolute Gasteiger partial charge is 0.449 e. The fraction of sp³-hybridized carbons (Fsp3) is 0.364. The predicted molar refractivity (Wildman–Crippen MR) is 55.3 cm³/mol. The van der Waals surface area contributed by atoms with Crippen molar-refractivity contribution in [2.75, 3.05) is 18.6 Å². The maximum Gasteiger partial charge on any atom is 0.414 e. The minimum atomic E-state index is -0.321. The van der Waals surface area contributed by atoms with E-state index in [0.29, 0.717) is 6.61 Å². The van der Waals surface area contributed by atoms with E-state index >= 15 is 0 Å². The molecule has 0 aliphatic rings. The van der Waals surface area contributed by atoms with Crippen LogP contribution in [0.3, 0.4) is 0 Å². The van der Waals surface area contributed by atoms with Crippen molar-refractivity contribution >= 4 is 11.8 Å². The second kappa shape index (κ2) is 5.27. The Labute approximate surface area is 84.3 Å². The van der Waals surface area contributed by atoms with Crippen LogP contribution in [0.5, 0.6) is 0 Å². The molecule has 1 aromatic rings. The number of carbonyl (C=O) groups is 1. The number of hydrogen-bond donors (Lipinski definition) is 0. The third kappa shape index (κ3) is 2.76. The van der Waals surface area contributed by atoms with Gasteiger partial charge in [0, 0.05) is 12.7 Å². The maximum absolute atomic E-state index is 11.4. The smallest absolute Gasteiger partial charge is 0.414 e. The fourth-order valence-electron chi connectivity index (χ4n) is 0.993. The molecular weight excluding hydrogens is 178 g/mol. The Bertz CT molecular complexity index is 285. The Kier molecular flexibility index (Phi) is 3.98. The molecule has 0 atom stereocenters. The van der Waals surface area contributed by atoms with E-state index in [1.807, 2.05) is 19.1 Å². The number of hydrogen-bond acceptors (Lipinski definition) is 2. The number of nitrogens with zero attached hydrogens (tertiary/aromatic N) is 1. The number of anilines is 1. The van der Waals surface area contributed by atoms with E-state index in [1.165, 1.54) is 4.90 Å². The van der Waals surface area contributed by atoms with Crippen molar-refractivity contribution in [1.82, 2.24) is 0 Å². The number of carbonyl (C=O) groups excluding carboxylic acids is 1. The van der Waals surface area contributed by atoms with Gasteiger partial charge in [0.05, 0.1) is 6.61 Å². The third-order valence-corrected chi connectivity index (χ3v) is 1.79. The molecular formula is C11H14NO2. The zero-order chi connectivity index (χ0) is 10.4. The molecule has 0 heterocycles. The molecule has 0 unspecified atom stereocenters. The van der Waals surface area contributed by atoms with Crippen LogP contribution in [0, 0.1) is 6.07 Å². The lowest BCUT2D eigenvalue weighted by Gasteiger charge is -2.16. The number of amides is 1. The molecule has 3 nitrogen and oxygen atoms in total. The van der Waals surface area contributed by atoms with Crippen molar-refractivity contribution in [1.29, 1.82) is 0 Å². The lowest BCUT2D eigenvalue weighted by Crippen LogP contribution is -2.27. The monoisotopic (exact) mass is 192 g/mol. The summed E-state index contributed by atoms with van der Waals surface area (Å²) in [5.74, 6) is 0. The number of rotatable bonds is 3. The molecule has 1 amide bonds. The van der Waals surface area contributed by atoms with E-state index in [0.717, 1.165) is 12.1 Å². The van der Waals surface area contributed by atoms with Crippen LogP contribution in [0.1, 0.15) is 13.3 Å². The molecule has 0 aromatic heterocycles. The van der Waals surface area contributed by atoms with Gasteiger partial charge in [-0.15, -0.1) is 0 Å². The molecule has 14 heavy (non-hydrogen) atoms. The zero-order valence-corrected chi connectivity index (χ0v) is 8.49. The number of benzene rings is 1. The highest BCUT2D eigenvalue weighted by Crippen LogP contribution is 2.11. The highest BCUT2D eigenvalue weighted by Gasteiger charge is 2.10. The summed E-state index contributed by atoms with van der Waals surface area (Å²) in [7, 11) is 1.69. The van der Waals surface area contributed by atoms with Crippen LogP contribution in [0.15, 0.2) is 24.3 Å². The molecule has 1 rings (SSSR count). The normalized spacial score (nSPS) is 9.57. The molecule has 0 saturated carbocycles. The van der Waals surface area contributed by atoms with Crippen LogP contribution in [0.4, 0.5) is 10.5 Å². The first-order valence-corrected chi connectivity index (χ1v) is 4.62. The Morgan fingerprint density at radius 3 is 2.71 bits per heavy atom. The third-order valence-electron chi connectivity index (χ3n) is 1.79. The predicted octanol–water partition coefficient (Wildman–Crippen LogP) is 2.47. The van der Waals surface area contributed by atoms with E-state index in [1.54, 1.807) is 19.2 Å². The second-order valence-electron chi connectivity index (χ2n) is 2.93. The summed E-state index contributed by atoms with van der Waals surface area (Å²) in [6.07, 6.45) is 0.514. The average Bonchev–Trinajstić information content (AvgIpc) is 2.26. The van der Waals surface area contributed by atoms with Gasteiger partial charge in [0.25, 0.3) is 0 Å². The summed E-state index contributed by atoms with van der Waals surface area (Å²) >= 11 is 0. The van der Waals surface area contributed by atoms with Crippen LogP contribution in [0.25, 0.3) is 0 Å². The average molecular weight is 192 g/mol. The van der Waals surface area contributed by atoms with E-state index in [4.69, 9.17) is 4.74 Å². The van der Waals surface area contributed by atoms with Crippen molar-refractivity contribution < 1.29 is 9.53 Å². The quantitative estimate of drug-likeness (QED) is 0.736. The standard InChI is InChI=1S/C11H14NO2/c1-3-9-14-11(13)12(2)10-7-5-4-6-8-10/h5-8H,3,9H2,1-2H3. The molecule has 0 bridgehead atoms. The summed E-state index contributed by atoms with van der Waals surface area (Å²) in [6.45, 7) is 2.42. The summed E-state index contributed by atoms with van der Waals surface area (Å²) in [5.41, 5.74) is 0.810. The molecule has 0 saturated heterocycles. The molecule has 0 aliphatic heterocycles. The van der Waals surface area contributed by atoms with Crippen LogP contribution >= 0.6 is 0 Å². The Morgan fingerprint density at radius 2 is 2.14 bits per heavy atom. The Hall–Kier alpha value is -1.51. The van der Waals surface area contributed by atoms with Gasteiger partial charge in [-0.25, -0.2) is 4.79 Å². The van der Waals surface area contributed by atoms with Crippen molar-refractivity contribution in [3.05, 3.63) is 30.3 Å². The highest BCUT2D eigenvalue weighted by molar-refractivity contribution is 5.86. The first-order valence-electron chi connectivity index (χ1n) is 4.62. The highest BCUT2D eigenvalue weighted by atomic mass is 16.6. The lowest BCUT2D eigenvalue weighted by molar-refractivity contribution is 0.155. The van der Waals surface area contributed by atoms with Crippen LogP contribution in [0.2, 0.25) is 0 Å². The van der Waals surface area contributed by atoms with Gasteiger partial charge in [-0.2, -0.15) is 0 Å². The van der Waals surface area contributed by atoms with Gasteiger partial charge in [0.15, 0.2) is 0 Å². The Morgan fingerprint density at radius 1 is 1.50 bits per heavy atom. The first-order chi connectivity index (χ1) is 6.75. The molecule has 1 aromatic carbocycles. The minimum Gasteiger partial charge on any atom is -0.449 e. The number of ether oxygens (including phenoxy) is 1. The van der Waals surface area contributed by atoms with Gasteiger partial charge in [-0.05, 0) is 24.6 Å². The maximum atomic E-state index is 11.4. The molecule has 75 valence electrons. The summed E-state index contributed by atoms with van der Waals surface area (Å²) in [4.78, 5) is 12.9. The lowest BCUT2D eigenvalue weighted by atomic mass is 10.3. The van der Waals surface area contributed by atoms with Gasteiger partial charge in [-0.3, -0.25) is 4.90 Å². The summed E-state index contributed by atoms with van der Waals surface area (Å²) < 4.78 is 4.98. The van der Waals surface area contributed by atoms with Gasteiger partial charge >= 0.3 is 6.09 Å². The molecule has 3 heteroatoms. The van der Waals surface area contributed by atoms with Crippen molar-refractivity contribution in [2.45, 2.75) is 13.3 Å². The van der Waals surface area contributed by atoms with E-state index in [2.05, 4.69) is 6.07 Å². The van der Waals surface area contributed by atoms with Crippen LogP contribution in [-0.2, 0) is 4.74 Å². The second-order valence-corrected chi connectivity index (χ2v) is 2.93. The molecule has 0 aliphatic carbocycles. The minimum absolute atomic E-state index is 0.321. The van der Waals surface area contributed by atoms with Gasteiger partial charge in [0.2, 0.25) is 0 Å².